The molecule has 5 amide bonds. The van der Waals surface area contributed by atoms with E-state index in [0.717, 1.165) is 102 Å². The fourth-order valence-corrected chi connectivity index (χ4v) is 13.3. The van der Waals surface area contributed by atoms with Crippen LogP contribution in [0.15, 0.2) is 48.9 Å². The van der Waals surface area contributed by atoms with Crippen LogP contribution in [0.2, 0.25) is 0 Å². The molecular weight excluding hydrogens is 926 g/mol. The van der Waals surface area contributed by atoms with E-state index < -0.39 is 17.0 Å². The summed E-state index contributed by atoms with van der Waals surface area (Å²) in [6, 6.07) is 13.4. The number of anilines is 3. The molecule has 7 fully saturated rings. The van der Waals surface area contributed by atoms with Gasteiger partial charge in [-0.05, 0) is 127 Å². The Kier molecular flexibility index (Phi) is 12.3. The first-order valence-corrected chi connectivity index (χ1v) is 27.4. The number of piperidine rings is 5. The summed E-state index contributed by atoms with van der Waals surface area (Å²) in [4.78, 5) is 93.2. The summed E-state index contributed by atoms with van der Waals surface area (Å²) >= 11 is 0. The Labute approximate surface area is 426 Å². The maximum absolute atomic E-state index is 15.3. The van der Waals surface area contributed by atoms with Crippen LogP contribution in [0.25, 0.3) is 22.3 Å². The monoisotopic (exact) mass is 996 g/mol. The van der Waals surface area contributed by atoms with Crippen molar-refractivity contribution < 1.29 is 28.4 Å². The molecule has 9 heterocycles. The van der Waals surface area contributed by atoms with Gasteiger partial charge in [0.05, 0.1) is 28.9 Å². The maximum Gasteiger partial charge on any atom is 0.238 e. The first-order valence-electron chi connectivity index (χ1n) is 27.4. The van der Waals surface area contributed by atoms with Gasteiger partial charge in [0.15, 0.2) is 5.82 Å². The van der Waals surface area contributed by atoms with Gasteiger partial charge in [-0.25, -0.2) is 19.3 Å². The molecule has 5 saturated heterocycles. The second-order valence-corrected chi connectivity index (χ2v) is 23.3. The SMILES string of the molecule is CC(C)n1cnc2cc(-c3ccc4c(c3)N(C3CC(N5CCC(F)CC5)C3)C(=O)C43CCN(C(=O)C4(C)CCN(C(=O)C5CCN(c6ccc([C@H]7CCC(=O)NC7=O)cn6)CC5)CC4)CC3)nc(NC3CC3)c21. The Hall–Kier alpha value is -5.97. The van der Waals surface area contributed by atoms with E-state index in [1.165, 1.54) is 0 Å². The number of carbonyl (C=O) groups is 5. The number of benzene rings is 1. The van der Waals surface area contributed by atoms with Crippen molar-refractivity contribution in [3.63, 3.8) is 0 Å². The molecule has 16 nitrogen and oxygen atoms in total. The van der Waals surface area contributed by atoms with Crippen LogP contribution in [-0.4, -0.2) is 140 Å². The number of amides is 5. The van der Waals surface area contributed by atoms with Crippen LogP contribution < -0.4 is 20.4 Å². The highest BCUT2D eigenvalue weighted by molar-refractivity contribution is 6.09. The van der Waals surface area contributed by atoms with Gasteiger partial charge < -0.3 is 34.4 Å². The van der Waals surface area contributed by atoms with Crippen LogP contribution in [0.4, 0.5) is 21.7 Å². The van der Waals surface area contributed by atoms with Crippen LogP contribution in [0, 0.1) is 11.3 Å². The number of pyridine rings is 2. The Bertz CT molecular complexity index is 2810. The van der Waals surface area contributed by atoms with Crippen LogP contribution >= 0.6 is 0 Å². The number of halogens is 1. The van der Waals surface area contributed by atoms with Crippen molar-refractivity contribution in [3.8, 4) is 11.3 Å². The molecule has 0 radical (unpaired) electrons. The minimum atomic E-state index is -0.740. The van der Waals surface area contributed by atoms with Crippen LogP contribution in [-0.2, 0) is 29.4 Å². The van der Waals surface area contributed by atoms with Gasteiger partial charge in [-0.15, -0.1) is 0 Å². The summed E-state index contributed by atoms with van der Waals surface area (Å²) in [5.74, 6) is 1.11. The number of alkyl halides is 1. The molecule has 0 bridgehead atoms. The standard InChI is InChI=1S/C56H70FN11O5/c1-34(2)67-33-59-45-31-44(61-50(49(45)67)60-39-6-7-39)36-4-9-43-46(28-36)68(41-29-40(30-41)63-22-14-38(57)15-23-63)54(73)56(43)18-26-66(27-19-56)53(72)55(3)16-24-65(25-17-55)52(71)35-12-20-64(21-13-35)47-10-5-37(32-58-47)42-8-11-48(69)62-51(42)70/h4-5,9-10,28,31-35,38-42H,6-8,11-27,29-30H2,1-3H3,(H,60,61)(H,62,69,70)/t40?,41?,42-/m1/s1. The van der Waals surface area contributed by atoms with Crippen molar-refractivity contribution in [1.29, 1.82) is 0 Å². The summed E-state index contributed by atoms with van der Waals surface area (Å²) < 4.78 is 16.3. The lowest BCUT2D eigenvalue weighted by atomic mass is 9.72. The molecule has 386 valence electrons. The second kappa shape index (κ2) is 18.8. The van der Waals surface area contributed by atoms with Crippen LogP contribution in [0.3, 0.4) is 0 Å². The van der Waals surface area contributed by atoms with Gasteiger partial charge in [-0.2, -0.15) is 0 Å². The zero-order valence-corrected chi connectivity index (χ0v) is 42.7. The molecule has 0 unspecified atom stereocenters. The molecule has 73 heavy (non-hydrogen) atoms. The van der Waals surface area contributed by atoms with E-state index in [0.29, 0.717) is 103 Å². The highest BCUT2D eigenvalue weighted by atomic mass is 19.1. The highest BCUT2D eigenvalue weighted by Gasteiger charge is 2.57. The molecule has 6 aliphatic heterocycles. The number of carbonyl (C=O) groups excluding carboxylic acids is 5. The fraction of sp³-hybridized carbons (Fsp3) is 0.607. The summed E-state index contributed by atoms with van der Waals surface area (Å²) in [6.45, 7) is 11.4. The summed E-state index contributed by atoms with van der Waals surface area (Å²) in [7, 11) is 0. The van der Waals surface area contributed by atoms with E-state index in [-0.39, 0.29) is 53.5 Å². The lowest BCUT2D eigenvalue weighted by Gasteiger charge is -2.49. The topological polar surface area (TPSA) is 169 Å². The number of fused-ring (bicyclic) bond motifs is 3. The molecule has 1 atom stereocenters. The number of nitrogens with one attached hydrogen (secondary N) is 2. The number of rotatable bonds is 10. The zero-order chi connectivity index (χ0) is 50.3. The van der Waals surface area contributed by atoms with E-state index >= 15 is 4.79 Å². The molecule has 8 aliphatic rings. The van der Waals surface area contributed by atoms with Crippen molar-refractivity contribution in [2.45, 2.75) is 152 Å². The third-order valence-corrected chi connectivity index (χ3v) is 18.3. The van der Waals surface area contributed by atoms with Crippen LogP contribution in [0.1, 0.15) is 134 Å². The Morgan fingerprint density at radius 3 is 2.21 bits per heavy atom. The summed E-state index contributed by atoms with van der Waals surface area (Å²) in [6.07, 6.45) is 12.5. The molecule has 3 aromatic heterocycles. The smallest absolute Gasteiger partial charge is 0.238 e. The maximum atomic E-state index is 15.3. The lowest BCUT2D eigenvalue weighted by molar-refractivity contribution is -0.150. The number of hydrogen-bond acceptors (Lipinski definition) is 11. The zero-order valence-electron chi connectivity index (χ0n) is 42.7. The van der Waals surface area contributed by atoms with Gasteiger partial charge in [0, 0.05) is 112 Å². The van der Waals surface area contributed by atoms with E-state index in [2.05, 4.69) is 79.9 Å². The molecular formula is C56H70FN11O5. The molecule has 1 spiro atoms. The summed E-state index contributed by atoms with van der Waals surface area (Å²) in [5, 5.41) is 6.11. The summed E-state index contributed by atoms with van der Waals surface area (Å²) in [5.41, 5.74) is 5.11. The number of likely N-dealkylation sites (tertiary alicyclic amines) is 3. The van der Waals surface area contributed by atoms with Crippen molar-refractivity contribution in [1.82, 2.24) is 39.5 Å². The number of imidazole rings is 1. The van der Waals surface area contributed by atoms with E-state index in [1.807, 2.05) is 28.3 Å². The fourth-order valence-electron chi connectivity index (χ4n) is 13.3. The number of imide groups is 1. The predicted octanol–water partition coefficient (Wildman–Crippen LogP) is 6.89. The lowest BCUT2D eigenvalue weighted by Crippen LogP contribution is -2.59. The van der Waals surface area contributed by atoms with Crippen molar-refractivity contribution in [2.75, 3.05) is 67.5 Å². The first-order chi connectivity index (χ1) is 35.2. The molecule has 2 saturated carbocycles. The largest absolute Gasteiger partial charge is 0.366 e. The Balaban J connectivity index is 0.706. The van der Waals surface area contributed by atoms with E-state index in [9.17, 15) is 23.6 Å². The van der Waals surface area contributed by atoms with E-state index in [1.54, 1.807) is 6.20 Å². The van der Waals surface area contributed by atoms with Gasteiger partial charge in [0.1, 0.15) is 17.5 Å². The minimum absolute atomic E-state index is 0.0418. The highest BCUT2D eigenvalue weighted by Crippen LogP contribution is 2.53. The molecule has 1 aromatic carbocycles. The van der Waals surface area contributed by atoms with Gasteiger partial charge >= 0.3 is 0 Å². The van der Waals surface area contributed by atoms with Gasteiger partial charge in [-0.3, -0.25) is 29.3 Å². The predicted molar refractivity (Wildman–Crippen MR) is 276 cm³/mol. The van der Waals surface area contributed by atoms with Crippen molar-refractivity contribution in [3.05, 3.63) is 60.0 Å². The third-order valence-electron chi connectivity index (χ3n) is 18.3. The molecule has 2 aliphatic carbocycles. The van der Waals surface area contributed by atoms with Gasteiger partial charge in [0.2, 0.25) is 29.5 Å². The average Bonchev–Trinajstić information content (AvgIpc) is 4.05. The average molecular weight is 996 g/mol. The molecule has 2 N–H and O–H groups in total. The van der Waals surface area contributed by atoms with Gasteiger partial charge in [-0.1, -0.05) is 25.1 Å². The molecule has 12 rings (SSSR count). The first kappa shape index (κ1) is 48.0. The van der Waals surface area contributed by atoms with Crippen molar-refractivity contribution in [2.24, 2.45) is 11.3 Å². The Morgan fingerprint density at radius 2 is 1.53 bits per heavy atom. The second-order valence-electron chi connectivity index (χ2n) is 23.3. The molecule has 4 aromatic rings. The third kappa shape index (κ3) is 8.74. The minimum Gasteiger partial charge on any atom is -0.366 e. The van der Waals surface area contributed by atoms with Crippen LogP contribution in [0.5, 0.6) is 0 Å². The number of aromatic nitrogens is 4. The van der Waals surface area contributed by atoms with Crippen molar-refractivity contribution >= 4 is 57.9 Å². The number of hydrogen-bond donors (Lipinski definition) is 2. The number of nitrogens with zero attached hydrogens (tertiary/aromatic N) is 9. The molecule has 17 heteroatoms. The quantitative estimate of drug-likeness (QED) is 0.159. The van der Waals surface area contributed by atoms with E-state index in [4.69, 9.17) is 9.97 Å². The Morgan fingerprint density at radius 1 is 0.808 bits per heavy atom. The van der Waals surface area contributed by atoms with Gasteiger partial charge in [0.25, 0.3) is 0 Å². The normalized spacial score (nSPS) is 25.9.